The molecule has 4 bridgehead atoms. The average Bonchev–Trinajstić information content (AvgIpc) is 3.83. The number of hydrogen-bond acceptors (Lipinski definition) is 5. The standard InChI is InChI=1S/C51H33N3O2/c1-3-12-32(13-4-1)48-42-28-31-22-24-34(25-23-31)54(35-26-27-38-37-17-9-10-20-44(37)55-46(38)29-35)43-19-11-21-45-47(43)41-30-40(36-16-7-8-18-39(36)50(41)56-45)49(42)53-51(52-48)33-14-5-2-6-15-33/h1-27,29-30,51,53H,28H2. The SMILES string of the molecule is c1ccc(C2=NC(c3ccccc3)NC3=C2Cc2ccc(cc2)N(c2ccc4c(c2)oc2ccccc24)c2cccc4oc5c6ccccc6c3cc5c24)cc1. The van der Waals surface area contributed by atoms with E-state index >= 15 is 0 Å². The zero-order valence-corrected chi connectivity index (χ0v) is 30.2. The van der Waals surface area contributed by atoms with Crippen LogP contribution in [-0.4, -0.2) is 5.71 Å². The van der Waals surface area contributed by atoms with E-state index in [0.717, 1.165) is 105 Å². The van der Waals surface area contributed by atoms with Crippen LogP contribution in [0, 0.1) is 0 Å². The van der Waals surface area contributed by atoms with Gasteiger partial charge in [-0.1, -0.05) is 121 Å². The van der Waals surface area contributed by atoms with Crippen molar-refractivity contribution in [2.45, 2.75) is 12.6 Å². The number of aliphatic imine (C=N–C) groups is 1. The predicted octanol–water partition coefficient (Wildman–Crippen LogP) is 13.2. The molecule has 2 aromatic heterocycles. The maximum absolute atomic E-state index is 6.90. The van der Waals surface area contributed by atoms with Crippen LogP contribution in [0.4, 0.5) is 17.1 Å². The van der Waals surface area contributed by atoms with Crippen LogP contribution in [0.5, 0.6) is 0 Å². The van der Waals surface area contributed by atoms with E-state index in [1.54, 1.807) is 0 Å². The van der Waals surface area contributed by atoms with Crippen LogP contribution in [0.3, 0.4) is 0 Å². The lowest BCUT2D eigenvalue weighted by Gasteiger charge is -2.30. The third kappa shape index (κ3) is 4.71. The van der Waals surface area contributed by atoms with Gasteiger partial charge in [0.05, 0.1) is 16.8 Å². The van der Waals surface area contributed by atoms with E-state index < -0.39 is 0 Å². The Balaban J connectivity index is 1.18. The molecule has 56 heavy (non-hydrogen) atoms. The molecule has 10 aromatic rings. The largest absolute Gasteiger partial charge is 0.456 e. The van der Waals surface area contributed by atoms with Gasteiger partial charge in [-0.2, -0.15) is 0 Å². The Morgan fingerprint density at radius 1 is 0.536 bits per heavy atom. The van der Waals surface area contributed by atoms with Gasteiger partial charge in [-0.05, 0) is 65.0 Å². The van der Waals surface area contributed by atoms with Crippen LogP contribution in [0.1, 0.15) is 28.4 Å². The van der Waals surface area contributed by atoms with Gasteiger partial charge in [0.1, 0.15) is 28.5 Å². The van der Waals surface area contributed by atoms with Gasteiger partial charge in [-0.15, -0.1) is 0 Å². The third-order valence-corrected chi connectivity index (χ3v) is 11.5. The Kier molecular flexibility index (Phi) is 6.69. The monoisotopic (exact) mass is 719 g/mol. The highest BCUT2D eigenvalue weighted by atomic mass is 16.3. The van der Waals surface area contributed by atoms with E-state index in [1.807, 2.05) is 12.1 Å². The minimum atomic E-state index is -0.280. The Morgan fingerprint density at radius 2 is 1.23 bits per heavy atom. The van der Waals surface area contributed by atoms with Crippen LogP contribution in [-0.2, 0) is 6.42 Å². The Hall–Kier alpha value is -7.37. The molecule has 0 saturated heterocycles. The van der Waals surface area contributed by atoms with E-state index in [0.29, 0.717) is 6.42 Å². The average molecular weight is 720 g/mol. The summed E-state index contributed by atoms with van der Waals surface area (Å²) in [5, 5.41) is 10.5. The molecular weight excluding hydrogens is 687 g/mol. The molecule has 5 nitrogen and oxygen atoms in total. The second-order valence-electron chi connectivity index (χ2n) is 14.7. The maximum atomic E-state index is 6.90. The Bertz CT molecular complexity index is 3250. The van der Waals surface area contributed by atoms with Crippen LogP contribution in [0.25, 0.3) is 60.3 Å². The normalized spacial score (nSPS) is 15.4. The van der Waals surface area contributed by atoms with E-state index in [9.17, 15) is 0 Å². The fraction of sp³-hybridized carbons (Fsp3) is 0.0392. The van der Waals surface area contributed by atoms with Gasteiger partial charge in [0, 0.05) is 67.8 Å². The lowest BCUT2D eigenvalue weighted by atomic mass is 9.88. The van der Waals surface area contributed by atoms with Crippen molar-refractivity contribution < 1.29 is 8.83 Å². The summed E-state index contributed by atoms with van der Waals surface area (Å²) in [4.78, 5) is 7.83. The van der Waals surface area contributed by atoms with Gasteiger partial charge >= 0.3 is 0 Å². The minimum absolute atomic E-state index is 0.280. The summed E-state index contributed by atoms with van der Waals surface area (Å²) in [6.45, 7) is 0. The first-order valence-corrected chi connectivity index (χ1v) is 19.1. The number of rotatable bonds is 3. The third-order valence-electron chi connectivity index (χ3n) is 11.5. The topological polar surface area (TPSA) is 53.9 Å². The smallest absolute Gasteiger partial charge is 0.145 e. The lowest BCUT2D eigenvalue weighted by Crippen LogP contribution is -2.29. The van der Waals surface area contributed by atoms with Crippen molar-refractivity contribution in [3.05, 3.63) is 204 Å². The molecule has 0 spiro atoms. The molecule has 8 aromatic carbocycles. The molecule has 1 atom stereocenters. The van der Waals surface area contributed by atoms with Crippen molar-refractivity contribution in [3.63, 3.8) is 0 Å². The highest BCUT2D eigenvalue weighted by Gasteiger charge is 2.30. The molecule has 5 heteroatoms. The molecule has 0 fully saturated rings. The quantitative estimate of drug-likeness (QED) is 0.197. The van der Waals surface area contributed by atoms with Crippen molar-refractivity contribution in [1.29, 1.82) is 0 Å². The first kappa shape index (κ1) is 31.0. The molecule has 1 unspecified atom stereocenters. The summed E-state index contributed by atoms with van der Waals surface area (Å²) < 4.78 is 13.3. The number of allylic oxidation sites excluding steroid dienone is 1. The molecule has 0 saturated carbocycles. The van der Waals surface area contributed by atoms with Gasteiger partial charge in [0.25, 0.3) is 0 Å². The highest BCUT2D eigenvalue weighted by Crippen LogP contribution is 2.47. The maximum Gasteiger partial charge on any atom is 0.145 e. The number of benzene rings is 8. The molecule has 0 aliphatic carbocycles. The van der Waals surface area contributed by atoms with E-state index in [4.69, 9.17) is 13.8 Å². The zero-order chi connectivity index (χ0) is 36.7. The van der Waals surface area contributed by atoms with Crippen LogP contribution in [0.2, 0.25) is 0 Å². The van der Waals surface area contributed by atoms with Crippen LogP contribution in [0.15, 0.2) is 195 Å². The van der Waals surface area contributed by atoms with E-state index in [-0.39, 0.29) is 6.17 Å². The first-order chi connectivity index (χ1) is 27.7. The summed E-state index contributed by atoms with van der Waals surface area (Å²) in [5.41, 5.74) is 14.3. The number of furan rings is 2. The molecule has 3 aliphatic rings. The van der Waals surface area contributed by atoms with Crippen LogP contribution < -0.4 is 10.2 Å². The summed E-state index contributed by atoms with van der Waals surface area (Å²) in [6, 6.07) is 62.3. The summed E-state index contributed by atoms with van der Waals surface area (Å²) in [5.74, 6) is 0. The van der Waals surface area contributed by atoms with Gasteiger partial charge < -0.3 is 19.1 Å². The molecule has 0 radical (unpaired) electrons. The van der Waals surface area contributed by atoms with Crippen molar-refractivity contribution >= 4 is 83.1 Å². The van der Waals surface area contributed by atoms with Gasteiger partial charge in [-0.25, -0.2) is 0 Å². The number of para-hydroxylation sites is 1. The molecule has 1 N–H and O–H groups in total. The second kappa shape index (κ2) is 12.1. The van der Waals surface area contributed by atoms with Crippen LogP contribution >= 0.6 is 0 Å². The summed E-state index contributed by atoms with van der Waals surface area (Å²) >= 11 is 0. The van der Waals surface area contributed by atoms with E-state index in [2.05, 4.69) is 174 Å². The molecule has 0 amide bonds. The second-order valence-corrected chi connectivity index (χ2v) is 14.7. The Labute approximate surface area is 322 Å². The number of anilines is 3. The van der Waals surface area contributed by atoms with E-state index in [1.165, 1.54) is 5.56 Å². The van der Waals surface area contributed by atoms with Crippen molar-refractivity contribution in [2.75, 3.05) is 4.90 Å². The van der Waals surface area contributed by atoms with Gasteiger partial charge in [0.2, 0.25) is 0 Å². The molecule has 3 aliphatic heterocycles. The zero-order valence-electron chi connectivity index (χ0n) is 30.2. The van der Waals surface area contributed by atoms with Gasteiger partial charge in [-0.3, -0.25) is 4.99 Å². The lowest BCUT2D eigenvalue weighted by molar-refractivity contribution is 0.658. The first-order valence-electron chi connectivity index (χ1n) is 19.1. The minimum Gasteiger partial charge on any atom is -0.456 e. The fourth-order valence-electron chi connectivity index (χ4n) is 8.90. The summed E-state index contributed by atoms with van der Waals surface area (Å²) in [7, 11) is 0. The van der Waals surface area contributed by atoms with Crippen molar-refractivity contribution in [1.82, 2.24) is 5.32 Å². The van der Waals surface area contributed by atoms with Crippen molar-refractivity contribution in [2.24, 2.45) is 4.99 Å². The summed E-state index contributed by atoms with van der Waals surface area (Å²) in [6.07, 6.45) is 0.404. The number of nitrogens with zero attached hydrogens (tertiary/aromatic N) is 2. The molecule has 13 rings (SSSR count). The number of hydrogen-bond donors (Lipinski definition) is 1. The Morgan fingerprint density at radius 3 is 2.07 bits per heavy atom. The fourth-order valence-corrected chi connectivity index (χ4v) is 8.90. The number of nitrogens with one attached hydrogen (secondary N) is 1. The molecule has 264 valence electrons. The van der Waals surface area contributed by atoms with Crippen molar-refractivity contribution in [3.8, 4) is 0 Å². The van der Waals surface area contributed by atoms with Gasteiger partial charge in [0.15, 0.2) is 0 Å². The number of fused-ring (bicyclic) bond motifs is 7. The molecular formula is C51H33N3O2. The predicted molar refractivity (Wildman–Crippen MR) is 229 cm³/mol. The molecule has 5 heterocycles. The highest BCUT2D eigenvalue weighted by molar-refractivity contribution is 6.24.